The van der Waals surface area contributed by atoms with Crippen molar-refractivity contribution in [1.82, 2.24) is 10.3 Å². The van der Waals surface area contributed by atoms with Crippen LogP contribution in [-0.4, -0.2) is 25.7 Å². The topological polar surface area (TPSA) is 43.4 Å². The molecule has 0 radical (unpaired) electrons. The molecule has 0 spiro atoms. The standard InChI is InChI=1S/C16H20N2O2/c1-4-20-13-8-5-7-12(11-13)15(17-2)16-14(19-3)9-6-10-18-16/h5-11,15,17H,4H2,1-3H3. The molecule has 0 saturated carbocycles. The second-order valence-electron chi connectivity index (χ2n) is 4.32. The molecule has 0 amide bonds. The van der Waals surface area contributed by atoms with E-state index in [1.165, 1.54) is 0 Å². The predicted molar refractivity (Wildman–Crippen MR) is 79.3 cm³/mol. The quantitative estimate of drug-likeness (QED) is 0.878. The Balaban J connectivity index is 2.39. The van der Waals surface area contributed by atoms with E-state index >= 15 is 0 Å². The lowest BCUT2D eigenvalue weighted by Gasteiger charge is -2.19. The number of hydrogen-bond acceptors (Lipinski definition) is 4. The van der Waals surface area contributed by atoms with E-state index in [4.69, 9.17) is 9.47 Å². The lowest BCUT2D eigenvalue weighted by atomic mass is 10.0. The van der Waals surface area contributed by atoms with Gasteiger partial charge in [-0.1, -0.05) is 12.1 Å². The molecule has 1 aromatic heterocycles. The highest BCUT2D eigenvalue weighted by molar-refractivity contribution is 5.39. The second-order valence-corrected chi connectivity index (χ2v) is 4.32. The number of aromatic nitrogens is 1. The molecule has 2 aromatic rings. The van der Waals surface area contributed by atoms with Crippen molar-refractivity contribution in [3.63, 3.8) is 0 Å². The van der Waals surface area contributed by atoms with Gasteiger partial charge in [0.15, 0.2) is 0 Å². The molecule has 1 heterocycles. The van der Waals surface area contributed by atoms with Gasteiger partial charge in [0.05, 0.1) is 19.8 Å². The van der Waals surface area contributed by atoms with Gasteiger partial charge in [-0.15, -0.1) is 0 Å². The van der Waals surface area contributed by atoms with Crippen molar-refractivity contribution in [1.29, 1.82) is 0 Å². The fraction of sp³-hybridized carbons (Fsp3) is 0.312. The van der Waals surface area contributed by atoms with Crippen LogP contribution in [0.4, 0.5) is 0 Å². The van der Waals surface area contributed by atoms with Gasteiger partial charge in [0.25, 0.3) is 0 Å². The Labute approximate surface area is 119 Å². The highest BCUT2D eigenvalue weighted by atomic mass is 16.5. The Morgan fingerprint density at radius 1 is 1.25 bits per heavy atom. The molecule has 106 valence electrons. The summed E-state index contributed by atoms with van der Waals surface area (Å²) in [5.41, 5.74) is 1.96. The third-order valence-electron chi connectivity index (χ3n) is 3.08. The lowest BCUT2D eigenvalue weighted by Crippen LogP contribution is -2.19. The zero-order valence-electron chi connectivity index (χ0n) is 12.1. The Bertz CT molecular complexity index is 558. The first-order chi connectivity index (χ1) is 9.80. The summed E-state index contributed by atoms with van der Waals surface area (Å²) in [5, 5.41) is 3.28. The maximum absolute atomic E-state index is 5.55. The van der Waals surface area contributed by atoms with E-state index in [2.05, 4.69) is 16.4 Å². The van der Waals surface area contributed by atoms with Gasteiger partial charge in [0.2, 0.25) is 0 Å². The molecule has 1 atom stereocenters. The Kier molecular flexibility index (Phi) is 4.96. The van der Waals surface area contributed by atoms with Crippen molar-refractivity contribution in [2.75, 3.05) is 20.8 Å². The van der Waals surface area contributed by atoms with Gasteiger partial charge in [-0.2, -0.15) is 0 Å². The molecule has 1 unspecified atom stereocenters. The third-order valence-corrected chi connectivity index (χ3v) is 3.08. The number of methoxy groups -OCH3 is 1. The molecule has 0 aliphatic heterocycles. The number of ether oxygens (including phenoxy) is 2. The van der Waals surface area contributed by atoms with E-state index in [1.807, 2.05) is 44.3 Å². The van der Waals surface area contributed by atoms with Gasteiger partial charge >= 0.3 is 0 Å². The van der Waals surface area contributed by atoms with Gasteiger partial charge in [-0.05, 0) is 43.8 Å². The van der Waals surface area contributed by atoms with Crippen molar-refractivity contribution in [2.24, 2.45) is 0 Å². The van der Waals surface area contributed by atoms with E-state index in [9.17, 15) is 0 Å². The molecule has 2 rings (SSSR count). The molecule has 0 bridgehead atoms. The number of benzene rings is 1. The lowest BCUT2D eigenvalue weighted by molar-refractivity contribution is 0.339. The van der Waals surface area contributed by atoms with Gasteiger partial charge in [-0.25, -0.2) is 0 Å². The normalized spacial score (nSPS) is 11.9. The van der Waals surface area contributed by atoms with Crippen LogP contribution in [0.15, 0.2) is 42.6 Å². The number of hydrogen-bond donors (Lipinski definition) is 1. The molecule has 1 N–H and O–H groups in total. The average molecular weight is 272 g/mol. The van der Waals surface area contributed by atoms with Crippen molar-refractivity contribution in [3.8, 4) is 11.5 Å². The van der Waals surface area contributed by atoms with E-state index in [0.29, 0.717) is 6.61 Å². The number of rotatable bonds is 6. The summed E-state index contributed by atoms with van der Waals surface area (Å²) in [7, 11) is 3.57. The predicted octanol–water partition coefficient (Wildman–Crippen LogP) is 2.80. The van der Waals surface area contributed by atoms with E-state index < -0.39 is 0 Å². The van der Waals surface area contributed by atoms with E-state index in [-0.39, 0.29) is 6.04 Å². The van der Waals surface area contributed by atoms with Gasteiger partial charge in [-0.3, -0.25) is 4.98 Å². The minimum atomic E-state index is -0.0356. The van der Waals surface area contributed by atoms with Crippen LogP contribution in [0, 0.1) is 0 Å². The van der Waals surface area contributed by atoms with Gasteiger partial charge in [0, 0.05) is 6.20 Å². The SMILES string of the molecule is CCOc1cccc(C(NC)c2ncccc2OC)c1. The zero-order valence-corrected chi connectivity index (χ0v) is 12.1. The van der Waals surface area contributed by atoms with Gasteiger partial charge in [0.1, 0.15) is 17.2 Å². The van der Waals surface area contributed by atoms with Crippen molar-refractivity contribution >= 4 is 0 Å². The van der Waals surface area contributed by atoms with Crippen molar-refractivity contribution < 1.29 is 9.47 Å². The Morgan fingerprint density at radius 3 is 2.80 bits per heavy atom. The molecule has 20 heavy (non-hydrogen) atoms. The number of nitrogens with zero attached hydrogens (tertiary/aromatic N) is 1. The van der Waals surface area contributed by atoms with Crippen LogP contribution in [-0.2, 0) is 0 Å². The molecule has 0 aliphatic carbocycles. The van der Waals surface area contributed by atoms with Crippen LogP contribution in [0.3, 0.4) is 0 Å². The van der Waals surface area contributed by atoms with Crippen LogP contribution in [0.1, 0.15) is 24.2 Å². The molecular formula is C16H20N2O2. The summed E-state index contributed by atoms with van der Waals surface area (Å²) < 4.78 is 10.9. The minimum absolute atomic E-state index is 0.0356. The van der Waals surface area contributed by atoms with E-state index in [1.54, 1.807) is 13.3 Å². The average Bonchev–Trinajstić information content (AvgIpc) is 2.49. The van der Waals surface area contributed by atoms with Crippen LogP contribution < -0.4 is 14.8 Å². The fourth-order valence-electron chi connectivity index (χ4n) is 2.20. The Morgan fingerprint density at radius 2 is 2.10 bits per heavy atom. The highest BCUT2D eigenvalue weighted by Gasteiger charge is 2.18. The molecule has 4 nitrogen and oxygen atoms in total. The molecule has 4 heteroatoms. The first kappa shape index (κ1) is 14.3. The number of pyridine rings is 1. The second kappa shape index (κ2) is 6.91. The summed E-state index contributed by atoms with van der Waals surface area (Å²) in [6, 6.07) is 11.8. The summed E-state index contributed by atoms with van der Waals surface area (Å²) in [5.74, 6) is 1.63. The maximum atomic E-state index is 5.55. The highest BCUT2D eigenvalue weighted by Crippen LogP contribution is 2.29. The van der Waals surface area contributed by atoms with Gasteiger partial charge < -0.3 is 14.8 Å². The fourth-order valence-corrected chi connectivity index (χ4v) is 2.20. The summed E-state index contributed by atoms with van der Waals surface area (Å²) in [6.45, 7) is 2.63. The van der Waals surface area contributed by atoms with Crippen LogP contribution in [0.2, 0.25) is 0 Å². The molecular weight excluding hydrogens is 252 g/mol. The minimum Gasteiger partial charge on any atom is -0.495 e. The summed E-state index contributed by atoms with van der Waals surface area (Å²) in [4.78, 5) is 4.44. The zero-order chi connectivity index (χ0) is 14.4. The first-order valence-corrected chi connectivity index (χ1v) is 6.69. The summed E-state index contributed by atoms with van der Waals surface area (Å²) in [6.07, 6.45) is 1.77. The van der Waals surface area contributed by atoms with Crippen molar-refractivity contribution in [3.05, 3.63) is 53.9 Å². The number of nitrogens with one attached hydrogen (secondary N) is 1. The van der Waals surface area contributed by atoms with Crippen LogP contribution in [0.5, 0.6) is 11.5 Å². The Hall–Kier alpha value is -2.07. The smallest absolute Gasteiger partial charge is 0.142 e. The third kappa shape index (κ3) is 3.08. The largest absolute Gasteiger partial charge is 0.495 e. The van der Waals surface area contributed by atoms with E-state index in [0.717, 1.165) is 22.8 Å². The van der Waals surface area contributed by atoms with Crippen molar-refractivity contribution in [2.45, 2.75) is 13.0 Å². The molecule has 1 aromatic carbocycles. The monoisotopic (exact) mass is 272 g/mol. The first-order valence-electron chi connectivity index (χ1n) is 6.69. The van der Waals surface area contributed by atoms with Crippen LogP contribution >= 0.6 is 0 Å². The maximum Gasteiger partial charge on any atom is 0.142 e. The van der Waals surface area contributed by atoms with Crippen LogP contribution in [0.25, 0.3) is 0 Å². The molecule has 0 saturated heterocycles. The molecule has 0 aliphatic rings. The molecule has 0 fully saturated rings. The summed E-state index contributed by atoms with van der Waals surface area (Å²) >= 11 is 0.